The molecule has 1 aromatic carbocycles. The number of esters is 1. The first kappa shape index (κ1) is 57.3. The molecule has 2 atom stereocenters. The Bertz CT molecular complexity index is 3470. The molecule has 9 rings (SSSR count). The van der Waals surface area contributed by atoms with Crippen LogP contribution in [0.1, 0.15) is 158 Å². The summed E-state index contributed by atoms with van der Waals surface area (Å²) in [5, 5.41) is 18.0. The third kappa shape index (κ3) is 12.6. The predicted molar refractivity (Wildman–Crippen MR) is 305 cm³/mol. The second-order valence-electron chi connectivity index (χ2n) is 24.9. The maximum absolute atomic E-state index is 14.3. The van der Waals surface area contributed by atoms with E-state index in [-0.39, 0.29) is 63.1 Å². The third-order valence-electron chi connectivity index (χ3n) is 15.3. The fourth-order valence-corrected chi connectivity index (χ4v) is 16.4. The molecule has 6 aromatic rings. The molecule has 20 heteroatoms. The summed E-state index contributed by atoms with van der Waals surface area (Å²) in [6.45, 7) is 19.1. The van der Waals surface area contributed by atoms with Gasteiger partial charge in [-0.3, -0.25) is 18.8 Å². The number of hydrogen-bond acceptors (Lipinski definition) is 11. The van der Waals surface area contributed by atoms with E-state index in [0.29, 0.717) is 71.7 Å². The average Bonchev–Trinajstić information content (AvgIpc) is 4.16. The highest BCUT2D eigenvalue weighted by Crippen LogP contribution is 2.44. The quantitative estimate of drug-likeness (QED) is 0.0544. The van der Waals surface area contributed by atoms with Crippen molar-refractivity contribution < 1.29 is 41.1 Å². The average molecular weight is 1130 g/mol. The number of pyridine rings is 1. The van der Waals surface area contributed by atoms with Gasteiger partial charge in [-0.1, -0.05) is 43.5 Å². The first-order chi connectivity index (χ1) is 36.6. The minimum atomic E-state index is -3.96. The van der Waals surface area contributed by atoms with Crippen LogP contribution < -0.4 is 20.1 Å². The van der Waals surface area contributed by atoms with Gasteiger partial charge in [0.2, 0.25) is 10.0 Å². The van der Waals surface area contributed by atoms with Crippen LogP contribution in [0.15, 0.2) is 70.0 Å². The number of carbonyl (C=O) groups is 3. The Kier molecular flexibility index (Phi) is 16.1. The zero-order valence-electron chi connectivity index (χ0n) is 46.8. The Labute approximate surface area is 463 Å². The van der Waals surface area contributed by atoms with Crippen molar-refractivity contribution in [3.05, 3.63) is 83.4 Å². The molecule has 0 radical (unpaired) electrons. The number of nitrogens with one attached hydrogen (secondary N) is 4. The lowest BCUT2D eigenvalue weighted by Crippen LogP contribution is -2.47. The molecule has 17 nitrogen and oxygen atoms in total. The lowest BCUT2D eigenvalue weighted by molar-refractivity contribution is -0.160. The third-order valence-corrected chi connectivity index (χ3v) is 20.7. The van der Waals surface area contributed by atoms with Gasteiger partial charge in [0.05, 0.1) is 44.6 Å². The Balaban J connectivity index is 0.894. The summed E-state index contributed by atoms with van der Waals surface area (Å²) in [7, 11) is -7.83. The highest BCUT2D eigenvalue weighted by atomic mass is 32.2. The number of ether oxygens (including phenoxy) is 1. The maximum atomic E-state index is 14.3. The minimum absolute atomic E-state index is 0.0230. The Morgan fingerprint density at radius 3 is 1.99 bits per heavy atom. The van der Waals surface area contributed by atoms with Gasteiger partial charge in [-0.2, -0.15) is 0 Å². The van der Waals surface area contributed by atoms with Crippen molar-refractivity contribution in [2.24, 2.45) is 17.8 Å². The van der Waals surface area contributed by atoms with Gasteiger partial charge >= 0.3 is 5.97 Å². The molecule has 422 valence electrons. The number of thiophene rings is 1. The molecule has 0 bridgehead atoms. The number of benzene rings is 1. The van der Waals surface area contributed by atoms with Crippen LogP contribution in [-0.2, 0) is 42.7 Å². The predicted octanol–water partition coefficient (Wildman–Crippen LogP) is 9.65. The van der Waals surface area contributed by atoms with Crippen LogP contribution >= 0.6 is 11.3 Å². The molecule has 3 aliphatic rings. The SMILES string of the molecule is Cc1c(C(=O)NC2CC(C(=O)OC3CCCC(Cn4c(-c5ccc(S(=O)(=O)NC(C)(C)C)c6nccn56)cc(C(=O)NCC(C)(C)O)c4C)C3)C2)cc(-c2sc(S(=O)(=O)NC(C)(C)C)c3ccccc23)n1CC1CCCCC1. The van der Waals surface area contributed by atoms with E-state index in [1.54, 1.807) is 69.6 Å². The van der Waals surface area contributed by atoms with Crippen LogP contribution in [0, 0.1) is 31.6 Å². The molecule has 0 saturated heterocycles. The molecule has 2 amide bonds. The molecular weight excluding hydrogens is 1050 g/mol. The summed E-state index contributed by atoms with van der Waals surface area (Å²) < 4.78 is 73.1. The number of aromatic nitrogens is 4. The van der Waals surface area contributed by atoms with Crippen LogP contribution in [0.4, 0.5) is 0 Å². The number of aliphatic hydroxyl groups is 1. The molecule has 5 aromatic heterocycles. The molecule has 0 aliphatic heterocycles. The van der Waals surface area contributed by atoms with E-state index < -0.39 is 36.7 Å². The fourth-order valence-electron chi connectivity index (χ4n) is 11.6. The number of amides is 2. The van der Waals surface area contributed by atoms with Gasteiger partial charge < -0.3 is 29.6 Å². The largest absolute Gasteiger partial charge is 0.462 e. The van der Waals surface area contributed by atoms with Gasteiger partial charge in [-0.15, -0.1) is 11.3 Å². The minimum Gasteiger partial charge on any atom is -0.462 e. The fraction of sp³-hybridized carbons (Fsp3) is 0.552. The van der Waals surface area contributed by atoms with Crippen molar-refractivity contribution >= 4 is 65.6 Å². The number of nitrogens with zero attached hydrogens (tertiary/aromatic N) is 4. The van der Waals surface area contributed by atoms with Crippen LogP contribution in [0.2, 0.25) is 0 Å². The van der Waals surface area contributed by atoms with Crippen molar-refractivity contribution in [2.45, 2.75) is 191 Å². The Hall–Kier alpha value is -5.38. The summed E-state index contributed by atoms with van der Waals surface area (Å²) in [5.74, 6) is -0.719. The summed E-state index contributed by atoms with van der Waals surface area (Å²) in [4.78, 5) is 47.2. The number of fused-ring (bicyclic) bond motifs is 2. The number of rotatable bonds is 17. The Morgan fingerprint density at radius 2 is 1.32 bits per heavy atom. The lowest BCUT2D eigenvalue weighted by atomic mass is 9.80. The molecule has 3 fully saturated rings. The van der Waals surface area contributed by atoms with Crippen LogP contribution in [-0.4, -0.2) is 93.6 Å². The summed E-state index contributed by atoms with van der Waals surface area (Å²) in [6, 6.07) is 14.3. The molecule has 5 heterocycles. The smallest absolute Gasteiger partial charge is 0.309 e. The molecule has 3 saturated carbocycles. The van der Waals surface area contributed by atoms with E-state index in [9.17, 15) is 36.3 Å². The van der Waals surface area contributed by atoms with Gasteiger partial charge in [0.25, 0.3) is 21.8 Å². The van der Waals surface area contributed by atoms with Gasteiger partial charge in [-0.05, 0) is 157 Å². The van der Waals surface area contributed by atoms with Crippen molar-refractivity contribution in [3.8, 4) is 22.0 Å². The second-order valence-corrected chi connectivity index (χ2v) is 29.4. The monoisotopic (exact) mass is 1130 g/mol. The topological polar surface area (TPSA) is 224 Å². The number of carbonyl (C=O) groups excluding carboxylic acids is 3. The Morgan fingerprint density at radius 1 is 0.718 bits per heavy atom. The van der Waals surface area contributed by atoms with Gasteiger partial charge in [0.15, 0.2) is 5.65 Å². The number of imidazole rings is 1. The summed E-state index contributed by atoms with van der Waals surface area (Å²) in [6.07, 6.45) is 12.6. The van der Waals surface area contributed by atoms with E-state index in [1.807, 2.05) is 65.0 Å². The van der Waals surface area contributed by atoms with Crippen molar-refractivity contribution in [3.63, 3.8) is 0 Å². The van der Waals surface area contributed by atoms with Crippen molar-refractivity contribution in [1.82, 2.24) is 38.6 Å². The van der Waals surface area contributed by atoms with Gasteiger partial charge in [-0.25, -0.2) is 31.3 Å². The van der Waals surface area contributed by atoms with E-state index in [2.05, 4.69) is 34.2 Å². The molecular formula is C58H78N8O9S3. The molecule has 2 unspecified atom stereocenters. The lowest BCUT2D eigenvalue weighted by Gasteiger charge is -2.36. The van der Waals surface area contributed by atoms with Gasteiger partial charge in [0, 0.05) is 71.3 Å². The molecule has 0 spiro atoms. The van der Waals surface area contributed by atoms with Gasteiger partial charge in [0.1, 0.15) is 15.2 Å². The maximum Gasteiger partial charge on any atom is 0.309 e. The van der Waals surface area contributed by atoms with E-state index in [1.165, 1.54) is 17.8 Å². The number of sulfonamides is 2. The first-order valence-corrected chi connectivity index (χ1v) is 31.3. The summed E-state index contributed by atoms with van der Waals surface area (Å²) >= 11 is 1.24. The van der Waals surface area contributed by atoms with Crippen molar-refractivity contribution in [2.75, 3.05) is 6.54 Å². The van der Waals surface area contributed by atoms with E-state index in [0.717, 1.165) is 66.7 Å². The van der Waals surface area contributed by atoms with Crippen LogP contribution in [0.25, 0.3) is 38.4 Å². The first-order valence-electron chi connectivity index (χ1n) is 27.5. The highest BCUT2D eigenvalue weighted by molar-refractivity contribution is 7.92. The second kappa shape index (κ2) is 21.9. The highest BCUT2D eigenvalue weighted by Gasteiger charge is 2.40. The molecule has 3 aliphatic carbocycles. The van der Waals surface area contributed by atoms with Crippen LogP contribution in [0.3, 0.4) is 0 Å². The van der Waals surface area contributed by atoms with Crippen molar-refractivity contribution in [1.29, 1.82) is 0 Å². The zero-order valence-corrected chi connectivity index (χ0v) is 49.2. The van der Waals surface area contributed by atoms with E-state index >= 15 is 0 Å². The van der Waals surface area contributed by atoms with E-state index in [4.69, 9.17) is 4.74 Å². The van der Waals surface area contributed by atoms with Crippen LogP contribution in [0.5, 0.6) is 0 Å². The molecule has 5 N–H and O–H groups in total. The normalized spacial score (nSPS) is 20.0. The number of hydrogen-bond donors (Lipinski definition) is 5. The molecule has 78 heavy (non-hydrogen) atoms. The summed E-state index contributed by atoms with van der Waals surface area (Å²) in [5.41, 5.74) is 2.29. The zero-order chi connectivity index (χ0) is 56.3. The standard InChI is InChI=1S/C58H78N8O9S3/c1-35-44(52(67)60-34-58(9,10)70)30-47(46-23-24-49(51-59-25-26-64(46)51)77(71,72)62-56(3,4)5)65(35)33-38-19-16-20-41(27-38)75-54(69)39-28-40(29-39)61-53(68)45-31-48(66(36(45)2)32-37-17-12-11-13-18-37)50-42-21-14-15-22-43(42)55(76-50)78(73,74)63-57(6,7)8/h14-15,21-26,30-31,37-41,62-63,70H,11-13,16-20,27-29,32-34H2,1-10H3,(H,60,67)(H,61,68).